The lowest BCUT2D eigenvalue weighted by Crippen LogP contribution is -2.29. The fraction of sp³-hybridized carbons (Fsp3) is 1.00. The van der Waals surface area contributed by atoms with E-state index in [9.17, 15) is 0 Å². The van der Waals surface area contributed by atoms with Crippen LogP contribution < -0.4 is 0 Å². The van der Waals surface area contributed by atoms with Crippen LogP contribution in [0.2, 0.25) is 0 Å². The van der Waals surface area contributed by atoms with Crippen molar-refractivity contribution in [1.82, 2.24) is 0 Å². The molecular weight excluding hydrogens is 180 g/mol. The maximum atomic E-state index is 5.26. The van der Waals surface area contributed by atoms with Crippen molar-refractivity contribution in [3.63, 3.8) is 0 Å². The molecule has 0 aromatic carbocycles. The Kier molecular flexibility index (Phi) is 2.99. The van der Waals surface area contributed by atoms with E-state index in [0.29, 0.717) is 6.10 Å². The Bertz CT molecular complexity index is 77.0. The number of hydrogen-bond donors (Lipinski definition) is 0. The van der Waals surface area contributed by atoms with Gasteiger partial charge in [0.05, 0.1) is 6.10 Å². The van der Waals surface area contributed by atoms with Gasteiger partial charge >= 0.3 is 0 Å². The number of methoxy groups -OCH3 is 1. The molecule has 0 spiro atoms. The molecule has 0 aromatic rings. The molecule has 0 aromatic heterocycles. The first-order valence-corrected chi connectivity index (χ1v) is 4.59. The van der Waals surface area contributed by atoms with Crippen LogP contribution in [0.15, 0.2) is 0 Å². The molecule has 1 saturated carbocycles. The molecule has 0 radical (unpaired) electrons. The maximum Gasteiger partial charge on any atom is 0.0696 e. The van der Waals surface area contributed by atoms with E-state index in [2.05, 4.69) is 15.9 Å². The van der Waals surface area contributed by atoms with Gasteiger partial charge in [0.15, 0.2) is 0 Å². The molecule has 0 bridgehead atoms. The molecule has 0 unspecified atom stereocenters. The summed E-state index contributed by atoms with van der Waals surface area (Å²) in [6.45, 7) is 0. The summed E-state index contributed by atoms with van der Waals surface area (Å²) < 4.78 is 5.26. The zero-order valence-corrected chi connectivity index (χ0v) is 7.36. The quantitative estimate of drug-likeness (QED) is 0.624. The van der Waals surface area contributed by atoms with Gasteiger partial charge in [0, 0.05) is 12.4 Å². The first-order chi connectivity index (χ1) is 4.38. The van der Waals surface area contributed by atoms with Gasteiger partial charge in [-0.05, 0) is 18.8 Å². The lowest BCUT2D eigenvalue weighted by Gasteiger charge is -2.31. The third kappa shape index (κ3) is 1.68. The van der Waals surface area contributed by atoms with Gasteiger partial charge < -0.3 is 4.74 Å². The van der Waals surface area contributed by atoms with Crippen molar-refractivity contribution in [1.29, 1.82) is 0 Å². The normalized spacial score (nSPS) is 23.3. The van der Waals surface area contributed by atoms with Gasteiger partial charge in [-0.3, -0.25) is 0 Å². The summed E-state index contributed by atoms with van der Waals surface area (Å²) in [5, 5.41) is 0.994. The first kappa shape index (κ1) is 7.55. The Balaban J connectivity index is 2.19. The van der Waals surface area contributed by atoms with Gasteiger partial charge in [-0.15, -0.1) is 0 Å². The van der Waals surface area contributed by atoms with Crippen molar-refractivity contribution in [2.75, 3.05) is 12.4 Å². The Labute approximate surface area is 64.9 Å². The van der Waals surface area contributed by atoms with Crippen molar-refractivity contribution in [2.24, 2.45) is 5.92 Å². The third-order valence-electron chi connectivity index (χ3n) is 2.13. The van der Waals surface area contributed by atoms with Crippen molar-refractivity contribution in [3.8, 4) is 0 Å². The van der Waals surface area contributed by atoms with Crippen LogP contribution in [-0.4, -0.2) is 18.5 Å². The van der Waals surface area contributed by atoms with E-state index in [1.807, 2.05) is 0 Å². The average Bonchev–Trinajstić information content (AvgIpc) is 1.78. The number of rotatable bonds is 3. The topological polar surface area (TPSA) is 9.23 Å². The van der Waals surface area contributed by atoms with E-state index >= 15 is 0 Å². The van der Waals surface area contributed by atoms with E-state index in [4.69, 9.17) is 4.74 Å². The second-order valence-corrected chi connectivity index (χ2v) is 3.27. The molecule has 0 heterocycles. The van der Waals surface area contributed by atoms with Crippen LogP contribution in [0.1, 0.15) is 19.3 Å². The highest BCUT2D eigenvalue weighted by molar-refractivity contribution is 9.09. The predicted octanol–water partition coefficient (Wildman–Crippen LogP) is 2.20. The monoisotopic (exact) mass is 192 g/mol. The first-order valence-electron chi connectivity index (χ1n) is 3.47. The number of alkyl halides is 1. The largest absolute Gasteiger partial charge is 0.380 e. The highest BCUT2D eigenvalue weighted by Crippen LogP contribution is 2.31. The lowest BCUT2D eigenvalue weighted by atomic mass is 9.82. The van der Waals surface area contributed by atoms with Gasteiger partial charge in [-0.25, -0.2) is 0 Å². The smallest absolute Gasteiger partial charge is 0.0696 e. The van der Waals surface area contributed by atoms with Crippen molar-refractivity contribution < 1.29 is 4.74 Å². The Hall–Kier alpha value is 0.440. The minimum absolute atomic E-state index is 0.471. The Morgan fingerprint density at radius 3 is 2.44 bits per heavy atom. The van der Waals surface area contributed by atoms with Crippen LogP contribution in [0, 0.1) is 5.92 Å². The summed E-state index contributed by atoms with van der Waals surface area (Å²) in [5.41, 5.74) is 0. The van der Waals surface area contributed by atoms with Crippen LogP contribution >= 0.6 is 15.9 Å². The standard InChI is InChI=1S/C7H13BrO/c1-9-7(5-8)6-3-2-4-6/h6-7H,2-5H2,1H3/t7-/m1/s1. The molecule has 1 fully saturated rings. The van der Waals surface area contributed by atoms with Gasteiger partial charge in [-0.2, -0.15) is 0 Å². The highest BCUT2D eigenvalue weighted by Gasteiger charge is 2.25. The van der Waals surface area contributed by atoms with E-state index in [-0.39, 0.29) is 0 Å². The van der Waals surface area contributed by atoms with E-state index in [0.717, 1.165) is 11.2 Å². The second kappa shape index (κ2) is 3.57. The zero-order chi connectivity index (χ0) is 6.69. The SMILES string of the molecule is CO[C@H](CBr)C1CCC1. The van der Waals surface area contributed by atoms with Crippen LogP contribution in [0.25, 0.3) is 0 Å². The van der Waals surface area contributed by atoms with Crippen LogP contribution in [-0.2, 0) is 4.74 Å². The van der Waals surface area contributed by atoms with Crippen molar-refractivity contribution in [2.45, 2.75) is 25.4 Å². The Morgan fingerprint density at radius 1 is 1.67 bits per heavy atom. The van der Waals surface area contributed by atoms with Gasteiger partial charge in [0.1, 0.15) is 0 Å². The summed E-state index contributed by atoms with van der Waals surface area (Å²) in [6, 6.07) is 0. The summed E-state index contributed by atoms with van der Waals surface area (Å²) >= 11 is 3.43. The van der Waals surface area contributed by atoms with Crippen molar-refractivity contribution in [3.05, 3.63) is 0 Å². The highest BCUT2D eigenvalue weighted by atomic mass is 79.9. The molecule has 54 valence electrons. The number of hydrogen-bond acceptors (Lipinski definition) is 1. The molecule has 2 heteroatoms. The molecule has 0 N–H and O–H groups in total. The van der Waals surface area contributed by atoms with E-state index in [1.165, 1.54) is 19.3 Å². The molecule has 9 heavy (non-hydrogen) atoms. The zero-order valence-electron chi connectivity index (χ0n) is 5.77. The van der Waals surface area contributed by atoms with Gasteiger partial charge in [0.25, 0.3) is 0 Å². The molecule has 1 atom stereocenters. The Morgan fingerprint density at radius 2 is 2.33 bits per heavy atom. The minimum Gasteiger partial charge on any atom is -0.380 e. The molecule has 1 aliphatic carbocycles. The summed E-state index contributed by atoms with van der Waals surface area (Å²) in [4.78, 5) is 0. The number of halogens is 1. The average molecular weight is 193 g/mol. The summed E-state index contributed by atoms with van der Waals surface area (Å²) in [6.07, 6.45) is 4.60. The summed E-state index contributed by atoms with van der Waals surface area (Å²) in [7, 11) is 1.80. The molecule has 1 aliphatic rings. The summed E-state index contributed by atoms with van der Waals surface area (Å²) in [5.74, 6) is 0.842. The molecule has 1 rings (SSSR count). The van der Waals surface area contributed by atoms with Crippen LogP contribution in [0.3, 0.4) is 0 Å². The van der Waals surface area contributed by atoms with E-state index < -0.39 is 0 Å². The van der Waals surface area contributed by atoms with Gasteiger partial charge in [-0.1, -0.05) is 22.4 Å². The van der Waals surface area contributed by atoms with Crippen LogP contribution in [0.5, 0.6) is 0 Å². The predicted molar refractivity (Wildman–Crippen MR) is 41.9 cm³/mol. The van der Waals surface area contributed by atoms with Gasteiger partial charge in [0.2, 0.25) is 0 Å². The van der Waals surface area contributed by atoms with E-state index in [1.54, 1.807) is 7.11 Å². The molecule has 0 amide bonds. The minimum atomic E-state index is 0.471. The molecular formula is C7H13BrO. The molecule has 1 nitrogen and oxygen atoms in total. The maximum absolute atomic E-state index is 5.26. The lowest BCUT2D eigenvalue weighted by molar-refractivity contribution is 0.0373. The third-order valence-corrected chi connectivity index (χ3v) is 2.77. The fourth-order valence-corrected chi connectivity index (χ4v) is 1.99. The van der Waals surface area contributed by atoms with Crippen molar-refractivity contribution >= 4 is 15.9 Å². The molecule has 0 aliphatic heterocycles. The second-order valence-electron chi connectivity index (χ2n) is 2.62. The van der Waals surface area contributed by atoms with Crippen LogP contribution in [0.4, 0.5) is 0 Å². The number of ether oxygens (including phenoxy) is 1. The molecule has 0 saturated heterocycles. The fourth-order valence-electron chi connectivity index (χ4n) is 1.19.